The topological polar surface area (TPSA) is 110 Å². The van der Waals surface area contributed by atoms with Crippen LogP contribution in [0.5, 0.6) is 0 Å². The van der Waals surface area contributed by atoms with Crippen LogP contribution in [0.15, 0.2) is 58.4 Å². The van der Waals surface area contributed by atoms with Gasteiger partial charge in [-0.1, -0.05) is 35.9 Å². The van der Waals surface area contributed by atoms with Crippen LogP contribution in [0.25, 0.3) is 0 Å². The maximum absolute atomic E-state index is 12.7. The molecule has 0 saturated carbocycles. The second-order valence-electron chi connectivity index (χ2n) is 8.95. The number of alkyl halides is 3. The van der Waals surface area contributed by atoms with Gasteiger partial charge in [0.05, 0.1) is 6.54 Å². The first-order valence-corrected chi connectivity index (χ1v) is 11.2. The Bertz CT molecular complexity index is 1350. The van der Waals surface area contributed by atoms with Gasteiger partial charge < -0.3 is 5.11 Å². The largest absolute Gasteiger partial charge is 0.490 e. The van der Waals surface area contributed by atoms with Crippen LogP contribution in [0, 0.1) is 12.8 Å². The number of aliphatic carboxylic acids is 1. The average molecular weight is 503 g/mol. The molecule has 0 radical (unpaired) electrons. The molecule has 2 aromatic heterocycles. The molecule has 2 aliphatic heterocycles. The summed E-state index contributed by atoms with van der Waals surface area (Å²) in [5.74, 6) is -1.50. The quantitative estimate of drug-likeness (QED) is 0.543. The fourth-order valence-corrected chi connectivity index (χ4v) is 4.53. The smallest absolute Gasteiger partial charge is 0.475 e. The van der Waals surface area contributed by atoms with Crippen LogP contribution in [0.1, 0.15) is 28.4 Å². The summed E-state index contributed by atoms with van der Waals surface area (Å²) in [6, 6.07) is 12.0. The minimum atomic E-state index is -5.08. The molecule has 0 amide bonds. The highest BCUT2D eigenvalue weighted by Crippen LogP contribution is 2.37. The second-order valence-corrected chi connectivity index (χ2v) is 8.95. The van der Waals surface area contributed by atoms with E-state index < -0.39 is 23.3 Å². The summed E-state index contributed by atoms with van der Waals surface area (Å²) < 4.78 is 34.7. The SMILES string of the molecule is Cc1ccc(Cn2nc3n(c(=O)c2=O)CC2CN(Cc4cccnc4)CC32)cc1.O=C(O)C(F)(F)F. The van der Waals surface area contributed by atoms with E-state index >= 15 is 0 Å². The lowest BCUT2D eigenvalue weighted by atomic mass is 10.00. The van der Waals surface area contributed by atoms with Crippen LogP contribution < -0.4 is 11.1 Å². The Morgan fingerprint density at radius 1 is 1.03 bits per heavy atom. The van der Waals surface area contributed by atoms with Gasteiger partial charge in [0, 0.05) is 50.4 Å². The van der Waals surface area contributed by atoms with Crippen molar-refractivity contribution in [2.75, 3.05) is 13.1 Å². The maximum Gasteiger partial charge on any atom is 0.490 e. The predicted molar refractivity (Wildman–Crippen MR) is 122 cm³/mol. The predicted octanol–water partition coefficient (Wildman–Crippen LogP) is 2.02. The monoisotopic (exact) mass is 503 g/mol. The van der Waals surface area contributed by atoms with Crippen LogP contribution in [0.4, 0.5) is 13.2 Å². The van der Waals surface area contributed by atoms with Crippen molar-refractivity contribution < 1.29 is 23.1 Å². The first kappa shape index (κ1) is 25.3. The van der Waals surface area contributed by atoms with Gasteiger partial charge in [-0.3, -0.25) is 24.0 Å². The minimum Gasteiger partial charge on any atom is -0.475 e. The van der Waals surface area contributed by atoms with Gasteiger partial charge in [0.2, 0.25) is 0 Å². The second kappa shape index (κ2) is 10.1. The third-order valence-corrected chi connectivity index (χ3v) is 6.25. The molecule has 1 N–H and O–H groups in total. The molecule has 2 atom stereocenters. The lowest BCUT2D eigenvalue weighted by Gasteiger charge is -2.17. The first-order valence-electron chi connectivity index (χ1n) is 11.2. The molecule has 9 nitrogen and oxygen atoms in total. The molecule has 1 aromatic carbocycles. The Hall–Kier alpha value is -3.80. The van der Waals surface area contributed by atoms with Crippen LogP contribution >= 0.6 is 0 Å². The molecule has 1 fully saturated rings. The molecule has 2 unspecified atom stereocenters. The van der Waals surface area contributed by atoms with E-state index in [9.17, 15) is 22.8 Å². The molecule has 3 aromatic rings. The van der Waals surface area contributed by atoms with Crippen molar-refractivity contribution in [1.29, 1.82) is 0 Å². The number of aromatic nitrogens is 4. The highest BCUT2D eigenvalue weighted by atomic mass is 19.4. The van der Waals surface area contributed by atoms with Crippen LogP contribution in [0.3, 0.4) is 0 Å². The van der Waals surface area contributed by atoms with Crippen LogP contribution in [-0.2, 0) is 24.4 Å². The number of rotatable bonds is 4. The number of fused-ring (bicyclic) bond motifs is 3. The number of likely N-dealkylation sites (tertiary alicyclic amines) is 1. The summed E-state index contributed by atoms with van der Waals surface area (Å²) in [4.78, 5) is 40.7. The third-order valence-electron chi connectivity index (χ3n) is 6.25. The molecule has 2 aliphatic rings. The molecule has 190 valence electrons. The summed E-state index contributed by atoms with van der Waals surface area (Å²) in [6.45, 7) is 5.50. The fraction of sp³-hybridized carbons (Fsp3) is 0.375. The van der Waals surface area contributed by atoms with Gasteiger partial charge >= 0.3 is 23.3 Å². The molecule has 0 bridgehead atoms. The molecule has 36 heavy (non-hydrogen) atoms. The summed E-state index contributed by atoms with van der Waals surface area (Å²) in [5.41, 5.74) is 2.32. The van der Waals surface area contributed by atoms with Crippen molar-refractivity contribution in [2.24, 2.45) is 5.92 Å². The standard InChI is InChI=1S/C22H23N5O2.C2HF3O2/c1-15-4-6-16(7-5-15)11-27-22(29)21(28)26-13-18-12-25(14-19(18)20(26)24-27)10-17-3-2-8-23-9-17;3-2(4,5)1(6)7/h2-9,18-19H,10-14H2,1H3;(H,6,7). The van der Waals surface area contributed by atoms with E-state index in [2.05, 4.69) is 21.0 Å². The Morgan fingerprint density at radius 3 is 2.33 bits per heavy atom. The number of halogens is 3. The van der Waals surface area contributed by atoms with Gasteiger partial charge in [-0.15, -0.1) is 0 Å². The van der Waals surface area contributed by atoms with E-state index in [1.54, 1.807) is 10.8 Å². The third kappa shape index (κ3) is 5.54. The van der Waals surface area contributed by atoms with Gasteiger partial charge in [0.1, 0.15) is 5.82 Å². The zero-order valence-corrected chi connectivity index (χ0v) is 19.4. The van der Waals surface area contributed by atoms with Gasteiger partial charge in [-0.05, 0) is 24.1 Å². The molecule has 5 rings (SSSR count). The van der Waals surface area contributed by atoms with E-state index in [-0.39, 0.29) is 5.92 Å². The van der Waals surface area contributed by atoms with Gasteiger partial charge in [0.15, 0.2) is 0 Å². The van der Waals surface area contributed by atoms with Gasteiger partial charge in [-0.2, -0.15) is 18.3 Å². The molecular formula is C24H24F3N5O4. The number of carboxylic acid groups (broad SMARTS) is 1. The zero-order chi connectivity index (χ0) is 26.0. The Labute approximate surface area is 203 Å². The highest BCUT2D eigenvalue weighted by Gasteiger charge is 2.42. The van der Waals surface area contributed by atoms with E-state index in [4.69, 9.17) is 9.90 Å². The Kier molecular flexibility index (Phi) is 7.07. The number of hydrogen-bond acceptors (Lipinski definition) is 6. The van der Waals surface area contributed by atoms with Crippen molar-refractivity contribution >= 4 is 5.97 Å². The first-order chi connectivity index (χ1) is 17.0. The maximum atomic E-state index is 12.7. The molecular weight excluding hydrogens is 479 g/mol. The normalized spacial score (nSPS) is 18.8. The lowest BCUT2D eigenvalue weighted by Crippen LogP contribution is -2.44. The summed E-state index contributed by atoms with van der Waals surface area (Å²) in [5, 5.41) is 11.8. The molecule has 1 saturated heterocycles. The zero-order valence-electron chi connectivity index (χ0n) is 19.4. The molecule has 0 spiro atoms. The van der Waals surface area contributed by atoms with Crippen molar-refractivity contribution in [3.8, 4) is 0 Å². The van der Waals surface area contributed by atoms with Crippen molar-refractivity contribution in [3.05, 3.63) is 92.0 Å². The Balaban J connectivity index is 0.000000384. The summed E-state index contributed by atoms with van der Waals surface area (Å²) in [7, 11) is 0. The minimum absolute atomic E-state index is 0.184. The van der Waals surface area contributed by atoms with Crippen molar-refractivity contribution in [3.63, 3.8) is 0 Å². The number of pyridine rings is 1. The number of carbonyl (C=O) groups is 1. The van der Waals surface area contributed by atoms with Crippen molar-refractivity contribution in [2.45, 2.75) is 38.7 Å². The van der Waals surface area contributed by atoms with Gasteiger partial charge in [-0.25, -0.2) is 9.48 Å². The van der Waals surface area contributed by atoms with E-state index in [1.165, 1.54) is 10.2 Å². The highest BCUT2D eigenvalue weighted by molar-refractivity contribution is 5.73. The number of aryl methyl sites for hydroxylation is 1. The number of benzene rings is 1. The lowest BCUT2D eigenvalue weighted by molar-refractivity contribution is -0.192. The summed E-state index contributed by atoms with van der Waals surface area (Å²) in [6.07, 6.45) is -1.41. The fourth-order valence-electron chi connectivity index (χ4n) is 4.53. The number of hydrogen-bond donors (Lipinski definition) is 1. The number of nitrogens with zero attached hydrogens (tertiary/aromatic N) is 5. The van der Waals surface area contributed by atoms with E-state index in [0.29, 0.717) is 19.0 Å². The van der Waals surface area contributed by atoms with Crippen LogP contribution in [0.2, 0.25) is 0 Å². The van der Waals surface area contributed by atoms with E-state index in [0.717, 1.165) is 36.6 Å². The molecule has 12 heteroatoms. The average Bonchev–Trinajstić information content (AvgIpc) is 3.37. The van der Waals surface area contributed by atoms with Gasteiger partial charge in [0.25, 0.3) is 0 Å². The van der Waals surface area contributed by atoms with E-state index in [1.807, 2.05) is 43.5 Å². The van der Waals surface area contributed by atoms with Crippen molar-refractivity contribution in [1.82, 2.24) is 24.2 Å². The number of carboxylic acids is 1. The molecule has 4 heterocycles. The van der Waals surface area contributed by atoms with Crippen LogP contribution in [-0.4, -0.2) is 54.6 Å². The summed E-state index contributed by atoms with van der Waals surface area (Å²) >= 11 is 0. The molecule has 0 aliphatic carbocycles. The Morgan fingerprint density at radius 2 is 1.72 bits per heavy atom.